The largest absolute Gasteiger partial charge is 0.486 e. The van der Waals surface area contributed by atoms with Crippen LogP contribution in [0, 0.1) is 11.6 Å². The predicted molar refractivity (Wildman–Crippen MR) is 112 cm³/mol. The molecule has 0 bridgehead atoms. The summed E-state index contributed by atoms with van der Waals surface area (Å²) < 4.78 is 35.0. The normalized spacial score (nSPS) is 19.3. The summed E-state index contributed by atoms with van der Waals surface area (Å²) in [7, 11) is 0. The minimum atomic E-state index is -1.26. The molecule has 2 heterocycles. The van der Waals surface area contributed by atoms with Crippen molar-refractivity contribution in [3.05, 3.63) is 39.7 Å². The lowest BCUT2D eigenvalue weighted by atomic mass is 9.95. The molecular weight excluding hydrogens is 424 g/mol. The van der Waals surface area contributed by atoms with Crippen molar-refractivity contribution in [3.63, 3.8) is 0 Å². The van der Waals surface area contributed by atoms with Gasteiger partial charge in [-0.25, -0.2) is 4.39 Å². The summed E-state index contributed by atoms with van der Waals surface area (Å²) in [5, 5.41) is 14.7. The average molecular weight is 449 g/mol. The third-order valence-electron chi connectivity index (χ3n) is 6.11. The lowest BCUT2D eigenvalue weighted by Crippen LogP contribution is -2.52. The van der Waals surface area contributed by atoms with E-state index in [9.17, 15) is 28.3 Å². The molecule has 172 valence electrons. The van der Waals surface area contributed by atoms with Crippen molar-refractivity contribution in [3.8, 4) is 5.75 Å². The highest BCUT2D eigenvalue weighted by atomic mass is 19.2. The van der Waals surface area contributed by atoms with Gasteiger partial charge in [0.25, 0.3) is 5.91 Å². The molecule has 0 spiro atoms. The van der Waals surface area contributed by atoms with Crippen molar-refractivity contribution >= 4 is 22.7 Å². The van der Waals surface area contributed by atoms with Crippen molar-refractivity contribution < 1.29 is 28.2 Å². The van der Waals surface area contributed by atoms with Crippen LogP contribution in [0.2, 0.25) is 0 Å². The second-order valence-corrected chi connectivity index (χ2v) is 8.39. The Morgan fingerprint density at radius 3 is 2.69 bits per heavy atom. The lowest BCUT2D eigenvalue weighted by Gasteiger charge is -2.27. The third-order valence-corrected chi connectivity index (χ3v) is 6.11. The number of nitrogens with one attached hydrogen (secondary N) is 2. The Morgan fingerprint density at radius 2 is 2.00 bits per heavy atom. The molecule has 4 rings (SSSR count). The highest BCUT2D eigenvalue weighted by Crippen LogP contribution is 2.35. The van der Waals surface area contributed by atoms with Gasteiger partial charge in [0.15, 0.2) is 11.6 Å². The number of halogens is 2. The first kappa shape index (κ1) is 22.2. The maximum absolute atomic E-state index is 14.2. The minimum Gasteiger partial charge on any atom is -0.486 e. The Hall–Kier alpha value is -3.01. The standard InChI is InChI=1S/C22H25F2N3O5/c1-11-10-32-20-17(24)15(23)7-13-18(20)27(11)8-14(19(13)29)21(30)26-16(9-28)22(31)25-12-5-3-2-4-6-12/h7-8,11-12,16,28H,2-6,9-10H2,1H3,(H,25,31)(H,26,30)/t11?,16-/m0/s1. The van der Waals surface area contributed by atoms with Gasteiger partial charge in [0.2, 0.25) is 17.2 Å². The van der Waals surface area contributed by atoms with Crippen LogP contribution in [0.3, 0.4) is 0 Å². The number of aromatic nitrogens is 1. The van der Waals surface area contributed by atoms with Crippen LogP contribution in [0.4, 0.5) is 8.78 Å². The molecule has 3 N–H and O–H groups in total. The van der Waals surface area contributed by atoms with Gasteiger partial charge in [-0.1, -0.05) is 19.3 Å². The predicted octanol–water partition coefficient (Wildman–Crippen LogP) is 1.77. The summed E-state index contributed by atoms with van der Waals surface area (Å²) >= 11 is 0. The number of benzene rings is 1. The van der Waals surface area contributed by atoms with E-state index in [0.717, 1.165) is 38.2 Å². The molecule has 1 unspecified atom stereocenters. The van der Waals surface area contributed by atoms with Crippen molar-refractivity contribution in [2.24, 2.45) is 0 Å². The maximum Gasteiger partial charge on any atom is 0.257 e. The summed E-state index contributed by atoms with van der Waals surface area (Å²) in [6, 6.07) is -0.882. The van der Waals surface area contributed by atoms with Gasteiger partial charge in [0, 0.05) is 12.2 Å². The highest BCUT2D eigenvalue weighted by molar-refractivity contribution is 6.00. The minimum absolute atomic E-state index is 0.0184. The second-order valence-electron chi connectivity index (χ2n) is 8.39. The molecule has 0 saturated heterocycles. The first-order chi connectivity index (χ1) is 15.3. The third kappa shape index (κ3) is 3.94. The Bertz CT molecular complexity index is 1130. The van der Waals surface area contributed by atoms with E-state index in [4.69, 9.17) is 4.74 Å². The van der Waals surface area contributed by atoms with Gasteiger partial charge in [-0.2, -0.15) is 4.39 Å². The van der Waals surface area contributed by atoms with E-state index < -0.39 is 41.5 Å². The molecular formula is C22H25F2N3O5. The number of nitrogens with zero attached hydrogens (tertiary/aromatic N) is 1. The molecule has 32 heavy (non-hydrogen) atoms. The number of ether oxygens (including phenoxy) is 1. The fraction of sp³-hybridized carbons (Fsp3) is 0.500. The SMILES string of the molecule is CC1COc2c(F)c(F)cc3c(=O)c(C(=O)N[C@@H](CO)C(=O)NC4CCCCC4)cn1c23. The monoisotopic (exact) mass is 449 g/mol. The molecule has 8 nitrogen and oxygen atoms in total. The van der Waals surface area contributed by atoms with Crippen LogP contribution in [0.25, 0.3) is 10.9 Å². The number of hydrogen-bond donors (Lipinski definition) is 3. The van der Waals surface area contributed by atoms with E-state index in [-0.39, 0.29) is 40.9 Å². The molecule has 2 aromatic rings. The average Bonchev–Trinajstić information content (AvgIpc) is 2.78. The molecule has 1 saturated carbocycles. The van der Waals surface area contributed by atoms with Crippen LogP contribution in [0.5, 0.6) is 5.75 Å². The van der Waals surface area contributed by atoms with E-state index >= 15 is 0 Å². The molecule has 10 heteroatoms. The lowest BCUT2D eigenvalue weighted by molar-refractivity contribution is -0.124. The molecule has 2 atom stereocenters. The van der Waals surface area contributed by atoms with E-state index in [1.807, 2.05) is 0 Å². The zero-order chi connectivity index (χ0) is 23.0. The van der Waals surface area contributed by atoms with Crippen molar-refractivity contribution in [1.82, 2.24) is 15.2 Å². The van der Waals surface area contributed by atoms with Crippen molar-refractivity contribution in [1.29, 1.82) is 0 Å². The Kier molecular flexibility index (Phi) is 6.14. The van der Waals surface area contributed by atoms with Crippen LogP contribution in [-0.2, 0) is 4.79 Å². The van der Waals surface area contributed by atoms with Crippen LogP contribution >= 0.6 is 0 Å². The Labute approximate surface area is 182 Å². The highest BCUT2D eigenvalue weighted by Gasteiger charge is 2.30. The summed E-state index contributed by atoms with van der Waals surface area (Å²) in [6.45, 7) is 1.11. The number of aliphatic hydroxyl groups is 1. The summed E-state index contributed by atoms with van der Waals surface area (Å²) in [5.74, 6) is -4.25. The first-order valence-electron chi connectivity index (χ1n) is 10.7. The molecule has 1 fully saturated rings. The fourth-order valence-electron chi connectivity index (χ4n) is 4.33. The van der Waals surface area contributed by atoms with Crippen molar-refractivity contribution in [2.75, 3.05) is 13.2 Å². The van der Waals surface area contributed by atoms with E-state index in [1.54, 1.807) is 6.92 Å². The molecule has 1 aromatic heterocycles. The summed E-state index contributed by atoms with van der Waals surface area (Å²) in [6.07, 6.45) is 6.02. The topological polar surface area (TPSA) is 110 Å². The molecule has 1 aromatic carbocycles. The fourth-order valence-corrected chi connectivity index (χ4v) is 4.33. The number of pyridine rings is 1. The van der Waals surface area contributed by atoms with Gasteiger partial charge in [-0.3, -0.25) is 14.4 Å². The molecule has 2 amide bonds. The van der Waals surface area contributed by atoms with Gasteiger partial charge >= 0.3 is 0 Å². The van der Waals surface area contributed by atoms with E-state index in [1.165, 1.54) is 10.8 Å². The van der Waals surface area contributed by atoms with Crippen LogP contribution in [-0.4, -0.2) is 46.8 Å². The van der Waals surface area contributed by atoms with Gasteiger partial charge in [0.1, 0.15) is 18.2 Å². The van der Waals surface area contributed by atoms with Crippen LogP contribution in [0.1, 0.15) is 55.4 Å². The van der Waals surface area contributed by atoms with Crippen molar-refractivity contribution in [2.45, 2.75) is 57.2 Å². The Morgan fingerprint density at radius 1 is 1.28 bits per heavy atom. The molecule has 2 aliphatic rings. The molecule has 0 radical (unpaired) electrons. The molecule has 1 aliphatic heterocycles. The number of rotatable bonds is 5. The maximum atomic E-state index is 14.2. The molecule has 1 aliphatic carbocycles. The smallest absolute Gasteiger partial charge is 0.257 e. The second kappa shape index (κ2) is 8.85. The number of aliphatic hydroxyl groups excluding tert-OH is 1. The number of carbonyl (C=O) groups is 2. The first-order valence-corrected chi connectivity index (χ1v) is 10.7. The zero-order valence-electron chi connectivity index (χ0n) is 17.6. The van der Waals surface area contributed by atoms with E-state index in [2.05, 4.69) is 10.6 Å². The number of carbonyl (C=O) groups excluding carboxylic acids is 2. The number of hydrogen-bond acceptors (Lipinski definition) is 5. The van der Waals surface area contributed by atoms with Gasteiger partial charge in [-0.15, -0.1) is 0 Å². The number of amides is 2. The Balaban J connectivity index is 1.65. The van der Waals surface area contributed by atoms with E-state index in [0.29, 0.717) is 0 Å². The van der Waals surface area contributed by atoms with Crippen LogP contribution < -0.4 is 20.8 Å². The quantitative estimate of drug-likeness (QED) is 0.645. The zero-order valence-corrected chi connectivity index (χ0v) is 17.6. The summed E-state index contributed by atoms with van der Waals surface area (Å²) in [4.78, 5) is 38.4. The van der Waals surface area contributed by atoms with Gasteiger partial charge < -0.3 is 25.0 Å². The van der Waals surface area contributed by atoms with Gasteiger partial charge in [0.05, 0.1) is 23.6 Å². The van der Waals surface area contributed by atoms with Gasteiger partial charge in [-0.05, 0) is 25.8 Å². The van der Waals surface area contributed by atoms with Crippen LogP contribution in [0.15, 0.2) is 17.1 Å². The summed E-state index contributed by atoms with van der Waals surface area (Å²) in [5.41, 5.74) is -1.10.